The Balaban J connectivity index is 1.67. The molecule has 1 aromatic rings. The number of methoxy groups -OCH3 is 1. The van der Waals surface area contributed by atoms with Crippen molar-refractivity contribution in [1.29, 1.82) is 0 Å². The largest absolute Gasteiger partial charge is 0.497 e. The molecule has 0 aliphatic carbocycles. The van der Waals surface area contributed by atoms with Gasteiger partial charge in [-0.2, -0.15) is 0 Å². The van der Waals surface area contributed by atoms with Crippen LogP contribution in [0.2, 0.25) is 0 Å². The van der Waals surface area contributed by atoms with E-state index in [1.165, 1.54) is 6.92 Å². The summed E-state index contributed by atoms with van der Waals surface area (Å²) in [5.74, 6) is -0.344. The van der Waals surface area contributed by atoms with E-state index in [1.54, 1.807) is 7.11 Å². The van der Waals surface area contributed by atoms with Crippen molar-refractivity contribution in [3.63, 3.8) is 0 Å². The maximum atomic E-state index is 12.0. The predicted octanol–water partition coefficient (Wildman–Crippen LogP) is 1.37. The number of carbonyl (C=O) groups excluding carboxylic acids is 4. The van der Waals surface area contributed by atoms with Crippen molar-refractivity contribution < 1.29 is 28.7 Å². The van der Waals surface area contributed by atoms with E-state index in [0.29, 0.717) is 6.42 Å². The summed E-state index contributed by atoms with van der Waals surface area (Å²) in [6, 6.07) is 7.35. The zero-order valence-electron chi connectivity index (χ0n) is 15.2. The Labute approximate surface area is 161 Å². The second kappa shape index (κ2) is 9.96. The van der Waals surface area contributed by atoms with Crippen LogP contribution < -0.4 is 10.1 Å². The van der Waals surface area contributed by atoms with Crippen LogP contribution in [0.25, 0.3) is 0 Å². The lowest BCUT2D eigenvalue weighted by atomic mass is 10.1. The minimum absolute atomic E-state index is 0.106. The summed E-state index contributed by atoms with van der Waals surface area (Å²) in [6.07, 6.45) is -0.306. The number of rotatable bonds is 9. The molecule has 1 heterocycles. The molecule has 0 spiro atoms. The highest BCUT2D eigenvalue weighted by Crippen LogP contribution is 2.17. The van der Waals surface area contributed by atoms with E-state index in [0.717, 1.165) is 28.0 Å². The van der Waals surface area contributed by atoms with Gasteiger partial charge in [0.15, 0.2) is 6.10 Å². The Morgan fingerprint density at radius 2 is 1.96 bits per heavy atom. The van der Waals surface area contributed by atoms with Crippen molar-refractivity contribution in [3.05, 3.63) is 29.8 Å². The van der Waals surface area contributed by atoms with E-state index >= 15 is 0 Å². The molecule has 3 amide bonds. The van der Waals surface area contributed by atoms with Crippen LogP contribution in [-0.4, -0.2) is 60.0 Å². The van der Waals surface area contributed by atoms with E-state index in [4.69, 9.17) is 9.47 Å². The third-order valence-electron chi connectivity index (χ3n) is 3.93. The van der Waals surface area contributed by atoms with Gasteiger partial charge in [0.25, 0.3) is 11.1 Å². The lowest BCUT2D eigenvalue weighted by Gasteiger charge is -2.16. The molecule has 1 aliphatic rings. The van der Waals surface area contributed by atoms with Gasteiger partial charge in [-0.25, -0.2) is 0 Å². The number of hydrogen-bond acceptors (Lipinski definition) is 7. The van der Waals surface area contributed by atoms with Gasteiger partial charge in [0.2, 0.25) is 5.91 Å². The highest BCUT2D eigenvalue weighted by atomic mass is 32.2. The van der Waals surface area contributed by atoms with Gasteiger partial charge in [0, 0.05) is 19.5 Å². The average molecular weight is 394 g/mol. The van der Waals surface area contributed by atoms with Crippen molar-refractivity contribution in [2.45, 2.75) is 25.9 Å². The lowest BCUT2D eigenvalue weighted by molar-refractivity contribution is -0.154. The van der Waals surface area contributed by atoms with E-state index in [-0.39, 0.29) is 36.4 Å². The summed E-state index contributed by atoms with van der Waals surface area (Å²) in [5, 5.41) is 2.24. The molecule has 1 atom stereocenters. The molecule has 2 rings (SSSR count). The molecule has 0 unspecified atom stereocenters. The third-order valence-corrected chi connectivity index (χ3v) is 4.79. The molecule has 0 radical (unpaired) electrons. The third kappa shape index (κ3) is 6.28. The van der Waals surface area contributed by atoms with Gasteiger partial charge >= 0.3 is 5.97 Å². The number of nitrogens with zero attached hydrogens (tertiary/aromatic N) is 1. The van der Waals surface area contributed by atoms with E-state index in [9.17, 15) is 19.2 Å². The number of aryl methyl sites for hydroxylation is 1. The van der Waals surface area contributed by atoms with Crippen molar-refractivity contribution in [2.24, 2.45) is 0 Å². The molecule has 9 heteroatoms. The number of nitrogens with one attached hydrogen (secondary N) is 1. The maximum absolute atomic E-state index is 12.0. The van der Waals surface area contributed by atoms with Gasteiger partial charge < -0.3 is 14.8 Å². The number of esters is 1. The van der Waals surface area contributed by atoms with Crippen LogP contribution in [0, 0.1) is 0 Å². The van der Waals surface area contributed by atoms with Gasteiger partial charge in [-0.3, -0.25) is 24.1 Å². The number of benzene rings is 1. The molecule has 0 aromatic heterocycles. The number of thioether (sulfide) groups is 1. The molecule has 146 valence electrons. The van der Waals surface area contributed by atoms with E-state index < -0.39 is 18.0 Å². The number of amides is 3. The van der Waals surface area contributed by atoms with Crippen LogP contribution in [0.3, 0.4) is 0 Å². The van der Waals surface area contributed by atoms with Crippen molar-refractivity contribution in [2.75, 3.05) is 26.0 Å². The molecule has 27 heavy (non-hydrogen) atoms. The van der Waals surface area contributed by atoms with Gasteiger partial charge in [-0.05, 0) is 31.0 Å². The van der Waals surface area contributed by atoms with E-state index in [2.05, 4.69) is 5.32 Å². The first-order valence-electron chi connectivity index (χ1n) is 8.48. The topological polar surface area (TPSA) is 102 Å². The van der Waals surface area contributed by atoms with Crippen LogP contribution in [0.15, 0.2) is 24.3 Å². The van der Waals surface area contributed by atoms with Crippen molar-refractivity contribution >= 4 is 34.8 Å². The first-order chi connectivity index (χ1) is 12.9. The highest BCUT2D eigenvalue weighted by molar-refractivity contribution is 8.14. The Morgan fingerprint density at radius 1 is 1.26 bits per heavy atom. The normalized spacial score (nSPS) is 14.8. The summed E-state index contributed by atoms with van der Waals surface area (Å²) in [6.45, 7) is 1.70. The fourth-order valence-corrected chi connectivity index (χ4v) is 3.13. The molecular weight excluding hydrogens is 372 g/mol. The van der Waals surface area contributed by atoms with E-state index in [1.807, 2.05) is 24.3 Å². The summed E-state index contributed by atoms with van der Waals surface area (Å²) in [5.41, 5.74) is 0.961. The fourth-order valence-electron chi connectivity index (χ4n) is 2.38. The first kappa shape index (κ1) is 20.8. The summed E-state index contributed by atoms with van der Waals surface area (Å²) in [4.78, 5) is 47.9. The minimum Gasteiger partial charge on any atom is -0.497 e. The van der Waals surface area contributed by atoms with Crippen LogP contribution in [-0.2, 0) is 25.5 Å². The van der Waals surface area contributed by atoms with Gasteiger partial charge in [-0.15, -0.1) is 0 Å². The highest BCUT2D eigenvalue weighted by Gasteiger charge is 2.29. The SMILES string of the molecule is COc1ccc(CCC(=O)O[C@@H](C)C(=O)NCCN2C(=O)CSC2=O)cc1. The molecule has 1 aromatic carbocycles. The molecule has 0 bridgehead atoms. The standard InChI is InChI=1S/C18H22N2O6S/c1-12(17(23)19-9-10-20-15(21)11-27-18(20)24)26-16(22)8-5-13-3-6-14(25-2)7-4-13/h3-4,6-7,12H,5,8-11H2,1-2H3,(H,19,23)/t12-/m0/s1. The molecule has 8 nitrogen and oxygen atoms in total. The molecule has 1 fully saturated rings. The van der Waals surface area contributed by atoms with Crippen LogP contribution >= 0.6 is 11.8 Å². The van der Waals surface area contributed by atoms with Crippen molar-refractivity contribution in [1.82, 2.24) is 10.2 Å². The van der Waals surface area contributed by atoms with Crippen LogP contribution in [0.4, 0.5) is 4.79 Å². The summed E-state index contributed by atoms with van der Waals surface area (Å²) < 4.78 is 10.2. The predicted molar refractivity (Wildman–Crippen MR) is 99.4 cm³/mol. The number of carbonyl (C=O) groups is 4. The Bertz CT molecular complexity index is 690. The van der Waals surface area contributed by atoms with Crippen molar-refractivity contribution in [3.8, 4) is 5.75 Å². The van der Waals surface area contributed by atoms with Gasteiger partial charge in [-0.1, -0.05) is 23.9 Å². The Morgan fingerprint density at radius 3 is 2.56 bits per heavy atom. The average Bonchev–Trinajstić information content (AvgIpc) is 2.98. The molecule has 1 N–H and O–H groups in total. The van der Waals surface area contributed by atoms with Gasteiger partial charge in [0.05, 0.1) is 12.9 Å². The van der Waals surface area contributed by atoms with Crippen LogP contribution in [0.5, 0.6) is 5.75 Å². The molecule has 0 saturated carbocycles. The minimum atomic E-state index is -0.951. The zero-order chi connectivity index (χ0) is 19.8. The quantitative estimate of drug-likeness (QED) is 0.631. The monoisotopic (exact) mass is 394 g/mol. The zero-order valence-corrected chi connectivity index (χ0v) is 16.0. The number of imide groups is 1. The molecule has 1 saturated heterocycles. The second-order valence-corrected chi connectivity index (χ2v) is 6.80. The maximum Gasteiger partial charge on any atom is 0.306 e. The number of hydrogen-bond donors (Lipinski definition) is 1. The van der Waals surface area contributed by atoms with Crippen LogP contribution in [0.1, 0.15) is 18.9 Å². The number of ether oxygens (including phenoxy) is 2. The summed E-state index contributed by atoms with van der Waals surface area (Å²) >= 11 is 0.941. The molecular formula is C18H22N2O6S. The second-order valence-electron chi connectivity index (χ2n) is 5.87. The molecule has 1 aliphatic heterocycles. The first-order valence-corrected chi connectivity index (χ1v) is 9.46. The Kier molecular flexibility index (Phi) is 7.66. The smallest absolute Gasteiger partial charge is 0.306 e. The Hall–Kier alpha value is -2.55. The fraction of sp³-hybridized carbons (Fsp3) is 0.444. The lowest BCUT2D eigenvalue weighted by Crippen LogP contribution is -2.41. The van der Waals surface area contributed by atoms with Gasteiger partial charge in [0.1, 0.15) is 5.75 Å². The summed E-state index contributed by atoms with van der Waals surface area (Å²) in [7, 11) is 1.58.